The van der Waals surface area contributed by atoms with Crippen LogP contribution in [0, 0.1) is 5.82 Å². The van der Waals surface area contributed by atoms with E-state index in [-0.39, 0.29) is 23.1 Å². The summed E-state index contributed by atoms with van der Waals surface area (Å²) in [7, 11) is 0. The summed E-state index contributed by atoms with van der Waals surface area (Å²) < 4.78 is 53.7. The molecule has 2 aromatic carbocycles. The Labute approximate surface area is 173 Å². The number of carbonyl (C=O) groups excluding carboxylic acids is 1. The number of rotatable bonds is 4. The average Bonchev–Trinajstić information content (AvgIpc) is 3.39. The monoisotopic (exact) mass is 420 g/mol. The van der Waals surface area contributed by atoms with Gasteiger partial charge in [0.2, 0.25) is 0 Å². The minimum absolute atomic E-state index is 0.0287. The van der Waals surface area contributed by atoms with E-state index in [4.69, 9.17) is 0 Å². The third kappa shape index (κ3) is 4.36. The standard InChI is InChI=1S/C23H24F4N2O/c24-21-14-17(16-5-3-6-18(13-16)23(25,26)27)8-9-20(21)22(30)29-12-4-7-19(29)15-28-10-1-2-11-28/h3,5-6,8-9,13-14,19H,1-2,4,7,10-12,15H2/t19-/m0/s1. The van der Waals surface area contributed by atoms with Gasteiger partial charge < -0.3 is 9.80 Å². The van der Waals surface area contributed by atoms with Gasteiger partial charge in [0.05, 0.1) is 11.1 Å². The number of nitrogens with zero attached hydrogens (tertiary/aromatic N) is 2. The highest BCUT2D eigenvalue weighted by Crippen LogP contribution is 2.33. The SMILES string of the molecule is O=C(c1ccc(-c2cccc(C(F)(F)F)c2)cc1F)N1CCC[C@H]1CN1CCCC1. The lowest BCUT2D eigenvalue weighted by molar-refractivity contribution is -0.137. The molecule has 2 aromatic rings. The zero-order valence-corrected chi connectivity index (χ0v) is 16.6. The summed E-state index contributed by atoms with van der Waals surface area (Å²) in [5.74, 6) is -1.05. The molecule has 0 aromatic heterocycles. The van der Waals surface area contributed by atoms with Gasteiger partial charge in [0.1, 0.15) is 5.82 Å². The summed E-state index contributed by atoms with van der Waals surface area (Å²) in [6.07, 6.45) is -0.316. The van der Waals surface area contributed by atoms with Gasteiger partial charge in [0.25, 0.3) is 5.91 Å². The minimum Gasteiger partial charge on any atom is -0.334 e. The molecular weight excluding hydrogens is 396 g/mol. The highest BCUT2D eigenvalue weighted by atomic mass is 19.4. The molecule has 0 bridgehead atoms. The van der Waals surface area contributed by atoms with Crippen LogP contribution < -0.4 is 0 Å². The molecule has 0 aliphatic carbocycles. The number of likely N-dealkylation sites (tertiary alicyclic amines) is 2. The van der Waals surface area contributed by atoms with Gasteiger partial charge in [-0.2, -0.15) is 13.2 Å². The number of hydrogen-bond acceptors (Lipinski definition) is 2. The van der Waals surface area contributed by atoms with Crippen molar-refractivity contribution >= 4 is 5.91 Å². The first-order valence-corrected chi connectivity index (χ1v) is 10.3. The number of alkyl halides is 3. The molecule has 30 heavy (non-hydrogen) atoms. The van der Waals surface area contributed by atoms with Gasteiger partial charge in [-0.25, -0.2) is 4.39 Å². The normalized spacial score (nSPS) is 20.1. The summed E-state index contributed by atoms with van der Waals surface area (Å²) in [5, 5.41) is 0. The summed E-state index contributed by atoms with van der Waals surface area (Å²) in [5.41, 5.74) is -0.248. The molecule has 1 amide bonds. The van der Waals surface area contributed by atoms with Gasteiger partial charge in [0.15, 0.2) is 0 Å². The molecule has 2 fully saturated rings. The highest BCUT2D eigenvalue weighted by molar-refractivity contribution is 5.95. The van der Waals surface area contributed by atoms with Crippen molar-refractivity contribution in [2.45, 2.75) is 37.9 Å². The van der Waals surface area contributed by atoms with Crippen molar-refractivity contribution in [3.05, 3.63) is 59.4 Å². The molecule has 3 nitrogen and oxygen atoms in total. The second-order valence-corrected chi connectivity index (χ2v) is 8.08. The van der Waals surface area contributed by atoms with Gasteiger partial charge in [-0.3, -0.25) is 4.79 Å². The Balaban J connectivity index is 1.53. The van der Waals surface area contributed by atoms with E-state index in [1.165, 1.54) is 37.1 Å². The Morgan fingerprint density at radius 2 is 1.70 bits per heavy atom. The first kappa shape index (κ1) is 20.8. The number of amides is 1. The minimum atomic E-state index is -4.47. The molecule has 2 heterocycles. The molecule has 1 atom stereocenters. The Morgan fingerprint density at radius 1 is 0.967 bits per heavy atom. The fraction of sp³-hybridized carbons (Fsp3) is 0.435. The lowest BCUT2D eigenvalue weighted by atomic mass is 10.0. The quantitative estimate of drug-likeness (QED) is 0.634. The van der Waals surface area contributed by atoms with Gasteiger partial charge in [-0.05, 0) is 74.2 Å². The van der Waals surface area contributed by atoms with Crippen LogP contribution >= 0.6 is 0 Å². The van der Waals surface area contributed by atoms with E-state index in [1.807, 2.05) is 0 Å². The predicted octanol–water partition coefficient (Wildman–Crippen LogP) is 5.21. The highest BCUT2D eigenvalue weighted by Gasteiger charge is 2.33. The molecule has 2 saturated heterocycles. The Bertz CT molecular complexity index is 922. The molecule has 2 aliphatic heterocycles. The Kier molecular flexibility index (Phi) is 5.82. The van der Waals surface area contributed by atoms with E-state index in [0.717, 1.165) is 50.7 Å². The molecule has 0 radical (unpaired) electrons. The van der Waals surface area contributed by atoms with Gasteiger partial charge >= 0.3 is 6.18 Å². The molecule has 0 saturated carbocycles. The topological polar surface area (TPSA) is 23.6 Å². The number of halogens is 4. The molecule has 7 heteroatoms. The fourth-order valence-corrected chi connectivity index (χ4v) is 4.45. The molecule has 4 rings (SSSR count). The van der Waals surface area contributed by atoms with Crippen LogP contribution in [0.1, 0.15) is 41.6 Å². The third-order valence-corrected chi connectivity index (χ3v) is 6.03. The van der Waals surface area contributed by atoms with E-state index < -0.39 is 17.6 Å². The predicted molar refractivity (Wildman–Crippen MR) is 107 cm³/mol. The maximum absolute atomic E-state index is 14.8. The van der Waals surface area contributed by atoms with E-state index in [9.17, 15) is 22.4 Å². The van der Waals surface area contributed by atoms with Crippen LogP contribution in [0.2, 0.25) is 0 Å². The Morgan fingerprint density at radius 3 is 2.40 bits per heavy atom. The van der Waals surface area contributed by atoms with E-state index in [1.54, 1.807) is 4.90 Å². The van der Waals surface area contributed by atoms with Crippen molar-refractivity contribution in [2.75, 3.05) is 26.2 Å². The van der Waals surface area contributed by atoms with Crippen molar-refractivity contribution in [2.24, 2.45) is 0 Å². The van der Waals surface area contributed by atoms with Gasteiger partial charge in [-0.1, -0.05) is 18.2 Å². The van der Waals surface area contributed by atoms with Gasteiger partial charge in [-0.15, -0.1) is 0 Å². The summed E-state index contributed by atoms with van der Waals surface area (Å²) >= 11 is 0. The first-order valence-electron chi connectivity index (χ1n) is 10.3. The summed E-state index contributed by atoms with van der Waals surface area (Å²) in [6.45, 7) is 3.50. The number of benzene rings is 2. The fourth-order valence-electron chi connectivity index (χ4n) is 4.45. The van der Waals surface area contributed by atoms with Crippen molar-refractivity contribution < 1.29 is 22.4 Å². The second-order valence-electron chi connectivity index (χ2n) is 8.08. The van der Waals surface area contributed by atoms with Crippen molar-refractivity contribution in [3.8, 4) is 11.1 Å². The summed E-state index contributed by atoms with van der Waals surface area (Å²) in [6, 6.07) is 8.89. The van der Waals surface area contributed by atoms with Crippen molar-refractivity contribution in [3.63, 3.8) is 0 Å². The summed E-state index contributed by atoms with van der Waals surface area (Å²) in [4.78, 5) is 17.1. The molecule has 0 spiro atoms. The number of hydrogen-bond donors (Lipinski definition) is 0. The van der Waals surface area contributed by atoms with Crippen LogP contribution in [0.4, 0.5) is 17.6 Å². The maximum Gasteiger partial charge on any atom is 0.416 e. The van der Waals surface area contributed by atoms with Crippen LogP contribution in [0.5, 0.6) is 0 Å². The lowest BCUT2D eigenvalue weighted by Crippen LogP contribution is -2.42. The molecule has 0 unspecified atom stereocenters. The van der Waals surface area contributed by atoms with E-state index >= 15 is 0 Å². The first-order chi connectivity index (χ1) is 14.3. The molecule has 2 aliphatic rings. The largest absolute Gasteiger partial charge is 0.416 e. The molecular formula is C23H24F4N2O. The van der Waals surface area contributed by atoms with E-state index in [0.29, 0.717) is 12.1 Å². The number of carbonyl (C=O) groups is 1. The van der Waals surface area contributed by atoms with Crippen LogP contribution in [0.25, 0.3) is 11.1 Å². The zero-order chi connectivity index (χ0) is 21.3. The van der Waals surface area contributed by atoms with Crippen molar-refractivity contribution in [1.29, 1.82) is 0 Å². The third-order valence-electron chi connectivity index (χ3n) is 6.03. The smallest absolute Gasteiger partial charge is 0.334 e. The molecule has 0 N–H and O–H groups in total. The van der Waals surface area contributed by atoms with Crippen LogP contribution in [-0.2, 0) is 6.18 Å². The Hall–Kier alpha value is -2.41. The second kappa shape index (κ2) is 8.38. The van der Waals surface area contributed by atoms with Crippen LogP contribution in [-0.4, -0.2) is 47.9 Å². The van der Waals surface area contributed by atoms with Crippen LogP contribution in [0.15, 0.2) is 42.5 Å². The van der Waals surface area contributed by atoms with Crippen molar-refractivity contribution in [1.82, 2.24) is 9.80 Å². The van der Waals surface area contributed by atoms with Gasteiger partial charge in [0, 0.05) is 19.1 Å². The maximum atomic E-state index is 14.8. The van der Waals surface area contributed by atoms with E-state index in [2.05, 4.69) is 4.90 Å². The van der Waals surface area contributed by atoms with Crippen LogP contribution in [0.3, 0.4) is 0 Å². The molecule has 160 valence electrons. The lowest BCUT2D eigenvalue weighted by Gasteiger charge is -2.28. The zero-order valence-electron chi connectivity index (χ0n) is 16.6. The average molecular weight is 420 g/mol.